The Balaban J connectivity index is 1.44. The van der Waals surface area contributed by atoms with E-state index in [1.165, 1.54) is 0 Å². The van der Waals surface area contributed by atoms with Gasteiger partial charge in [-0.25, -0.2) is 0 Å². The quantitative estimate of drug-likeness (QED) is 0.530. The molecule has 166 valence electrons. The van der Waals surface area contributed by atoms with Crippen LogP contribution in [0.15, 0.2) is 66.7 Å². The molecule has 6 heteroatoms. The fourth-order valence-electron chi connectivity index (χ4n) is 3.65. The van der Waals surface area contributed by atoms with Crippen LogP contribution >= 0.6 is 0 Å². The molecular formula is C26H27NO5. The van der Waals surface area contributed by atoms with Crippen molar-refractivity contribution in [3.8, 4) is 28.4 Å². The molecule has 1 N–H and O–H groups in total. The Labute approximate surface area is 188 Å². The summed E-state index contributed by atoms with van der Waals surface area (Å²) < 4.78 is 22.1. The van der Waals surface area contributed by atoms with E-state index in [0.29, 0.717) is 17.9 Å². The van der Waals surface area contributed by atoms with E-state index in [4.69, 9.17) is 18.9 Å². The lowest BCUT2D eigenvalue weighted by atomic mass is 10.0. The summed E-state index contributed by atoms with van der Waals surface area (Å²) in [6.45, 7) is 1.34. The number of anilines is 1. The molecule has 0 spiro atoms. The van der Waals surface area contributed by atoms with Gasteiger partial charge in [0.15, 0.2) is 0 Å². The van der Waals surface area contributed by atoms with Crippen LogP contribution < -0.4 is 19.5 Å². The average Bonchev–Trinajstić information content (AvgIpc) is 3.37. The SMILES string of the molecule is COc1ccc(-c2cc(NC(=O)c3ccc(OC[C@@H]4CCCO4)cc3)ccc2OC)cc1. The number of rotatable bonds is 8. The van der Waals surface area contributed by atoms with E-state index >= 15 is 0 Å². The minimum atomic E-state index is -0.193. The van der Waals surface area contributed by atoms with Gasteiger partial charge >= 0.3 is 0 Å². The molecule has 1 heterocycles. The predicted octanol–water partition coefficient (Wildman–Crippen LogP) is 5.18. The minimum Gasteiger partial charge on any atom is -0.497 e. The zero-order chi connectivity index (χ0) is 22.3. The van der Waals surface area contributed by atoms with Gasteiger partial charge in [0.25, 0.3) is 5.91 Å². The van der Waals surface area contributed by atoms with Crippen molar-refractivity contribution < 1.29 is 23.7 Å². The van der Waals surface area contributed by atoms with Gasteiger partial charge in [-0.3, -0.25) is 4.79 Å². The van der Waals surface area contributed by atoms with E-state index in [2.05, 4.69) is 5.32 Å². The van der Waals surface area contributed by atoms with Crippen LogP contribution in [0.5, 0.6) is 17.2 Å². The molecule has 1 amide bonds. The monoisotopic (exact) mass is 433 g/mol. The molecule has 1 aliphatic heterocycles. The van der Waals surface area contributed by atoms with Crippen molar-refractivity contribution in [2.24, 2.45) is 0 Å². The maximum Gasteiger partial charge on any atom is 0.255 e. The fourth-order valence-corrected chi connectivity index (χ4v) is 3.65. The van der Waals surface area contributed by atoms with E-state index in [1.54, 1.807) is 38.5 Å². The van der Waals surface area contributed by atoms with Crippen LogP contribution in [0.4, 0.5) is 5.69 Å². The molecule has 1 saturated heterocycles. The van der Waals surface area contributed by atoms with Gasteiger partial charge in [0.2, 0.25) is 0 Å². The highest BCUT2D eigenvalue weighted by Crippen LogP contribution is 2.33. The third-order valence-electron chi connectivity index (χ3n) is 5.43. The van der Waals surface area contributed by atoms with E-state index in [9.17, 15) is 4.79 Å². The van der Waals surface area contributed by atoms with Crippen molar-refractivity contribution in [1.82, 2.24) is 0 Å². The third-order valence-corrected chi connectivity index (χ3v) is 5.43. The molecule has 4 rings (SSSR count). The Bertz CT molecular complexity index is 1040. The standard InChI is InChI=1S/C26H27NO5/c1-29-21-10-5-18(6-11-21)24-16-20(9-14-25(24)30-2)27-26(28)19-7-12-22(13-8-19)32-17-23-4-3-15-31-23/h5-14,16,23H,3-4,15,17H2,1-2H3,(H,27,28)/t23-/m0/s1. The summed E-state index contributed by atoms with van der Waals surface area (Å²) in [5.74, 6) is 2.03. The minimum absolute atomic E-state index is 0.160. The first-order valence-electron chi connectivity index (χ1n) is 10.6. The molecule has 3 aromatic rings. The molecule has 0 aliphatic carbocycles. The normalized spacial score (nSPS) is 15.2. The maximum atomic E-state index is 12.8. The van der Waals surface area contributed by atoms with Crippen LogP contribution in [-0.4, -0.2) is 39.4 Å². The van der Waals surface area contributed by atoms with Crippen molar-refractivity contribution in [2.75, 3.05) is 32.8 Å². The predicted molar refractivity (Wildman–Crippen MR) is 124 cm³/mol. The Morgan fingerprint density at radius 3 is 2.38 bits per heavy atom. The summed E-state index contributed by atoms with van der Waals surface area (Å²) in [5.41, 5.74) is 3.08. The topological polar surface area (TPSA) is 66.0 Å². The smallest absolute Gasteiger partial charge is 0.255 e. The van der Waals surface area contributed by atoms with Crippen molar-refractivity contribution in [3.63, 3.8) is 0 Å². The molecule has 0 radical (unpaired) electrons. The van der Waals surface area contributed by atoms with Crippen molar-refractivity contribution in [3.05, 3.63) is 72.3 Å². The number of carbonyl (C=O) groups excluding carboxylic acids is 1. The number of ether oxygens (including phenoxy) is 4. The van der Waals surface area contributed by atoms with Gasteiger partial charge in [-0.15, -0.1) is 0 Å². The van der Waals surface area contributed by atoms with Crippen molar-refractivity contribution >= 4 is 11.6 Å². The summed E-state index contributed by atoms with van der Waals surface area (Å²) in [6.07, 6.45) is 2.27. The molecule has 6 nitrogen and oxygen atoms in total. The highest BCUT2D eigenvalue weighted by Gasteiger charge is 2.16. The number of nitrogens with one attached hydrogen (secondary N) is 1. The molecule has 0 unspecified atom stereocenters. The largest absolute Gasteiger partial charge is 0.497 e. The summed E-state index contributed by atoms with van der Waals surface area (Å²) in [5, 5.41) is 2.96. The van der Waals surface area contributed by atoms with Crippen LogP contribution in [0.3, 0.4) is 0 Å². The Hall–Kier alpha value is -3.51. The average molecular weight is 434 g/mol. The number of carbonyl (C=O) groups is 1. The molecule has 1 fully saturated rings. The van der Waals surface area contributed by atoms with Gasteiger partial charge in [-0.2, -0.15) is 0 Å². The zero-order valence-corrected chi connectivity index (χ0v) is 18.3. The second kappa shape index (κ2) is 10.2. The molecule has 3 aromatic carbocycles. The van der Waals surface area contributed by atoms with E-state index in [1.807, 2.05) is 42.5 Å². The van der Waals surface area contributed by atoms with Gasteiger partial charge in [-0.05, 0) is 73.0 Å². The molecule has 1 atom stereocenters. The maximum absolute atomic E-state index is 12.8. The lowest BCUT2D eigenvalue weighted by molar-refractivity contribution is 0.0679. The number of hydrogen-bond donors (Lipinski definition) is 1. The zero-order valence-electron chi connectivity index (χ0n) is 18.3. The molecule has 0 bridgehead atoms. The Kier molecular flexibility index (Phi) is 6.92. The van der Waals surface area contributed by atoms with Gasteiger partial charge in [0.1, 0.15) is 23.9 Å². The lowest BCUT2D eigenvalue weighted by Gasteiger charge is -2.13. The molecule has 1 aliphatic rings. The van der Waals surface area contributed by atoms with Crippen LogP contribution in [0.1, 0.15) is 23.2 Å². The van der Waals surface area contributed by atoms with E-state index < -0.39 is 0 Å². The van der Waals surface area contributed by atoms with Gasteiger partial charge < -0.3 is 24.3 Å². The van der Waals surface area contributed by atoms with Gasteiger partial charge in [0.05, 0.1) is 20.3 Å². The summed E-state index contributed by atoms with van der Waals surface area (Å²) in [4.78, 5) is 12.8. The van der Waals surface area contributed by atoms with E-state index in [0.717, 1.165) is 47.8 Å². The second-order valence-corrected chi connectivity index (χ2v) is 7.57. The molecule has 0 saturated carbocycles. The Morgan fingerprint density at radius 1 is 0.969 bits per heavy atom. The Morgan fingerprint density at radius 2 is 1.72 bits per heavy atom. The first-order chi connectivity index (χ1) is 15.7. The van der Waals surface area contributed by atoms with Crippen LogP contribution in [0, 0.1) is 0 Å². The second-order valence-electron chi connectivity index (χ2n) is 7.57. The number of amides is 1. The molecule has 0 aromatic heterocycles. The van der Waals surface area contributed by atoms with Crippen molar-refractivity contribution in [2.45, 2.75) is 18.9 Å². The number of hydrogen-bond acceptors (Lipinski definition) is 5. The molecular weight excluding hydrogens is 406 g/mol. The first-order valence-corrected chi connectivity index (χ1v) is 10.6. The van der Waals surface area contributed by atoms with Gasteiger partial charge in [-0.1, -0.05) is 12.1 Å². The van der Waals surface area contributed by atoms with Crippen molar-refractivity contribution in [1.29, 1.82) is 0 Å². The highest BCUT2D eigenvalue weighted by atomic mass is 16.5. The highest BCUT2D eigenvalue weighted by molar-refractivity contribution is 6.04. The number of methoxy groups -OCH3 is 2. The first kappa shape index (κ1) is 21.7. The summed E-state index contributed by atoms with van der Waals surface area (Å²) >= 11 is 0. The third kappa shape index (κ3) is 5.21. The van der Waals surface area contributed by atoms with Crippen LogP contribution in [-0.2, 0) is 4.74 Å². The fraction of sp³-hybridized carbons (Fsp3) is 0.269. The number of benzene rings is 3. The van der Waals surface area contributed by atoms with Crippen LogP contribution in [0.25, 0.3) is 11.1 Å². The lowest BCUT2D eigenvalue weighted by Crippen LogP contribution is -2.16. The molecule has 32 heavy (non-hydrogen) atoms. The van der Waals surface area contributed by atoms with Gasteiger partial charge in [0, 0.05) is 23.4 Å². The van der Waals surface area contributed by atoms with Crippen LogP contribution in [0.2, 0.25) is 0 Å². The van der Waals surface area contributed by atoms with E-state index in [-0.39, 0.29) is 12.0 Å². The summed E-state index contributed by atoms with van der Waals surface area (Å²) in [6, 6.07) is 20.4. The summed E-state index contributed by atoms with van der Waals surface area (Å²) in [7, 11) is 3.26.